The van der Waals surface area contributed by atoms with Crippen molar-refractivity contribution in [2.45, 2.75) is 19.4 Å². The number of aromatic nitrogens is 1. The van der Waals surface area contributed by atoms with Gasteiger partial charge >= 0.3 is 0 Å². The van der Waals surface area contributed by atoms with Crippen LogP contribution >= 0.6 is 0 Å². The molecule has 0 fully saturated rings. The van der Waals surface area contributed by atoms with Gasteiger partial charge in [-0.25, -0.2) is 0 Å². The lowest BCUT2D eigenvalue weighted by Gasteiger charge is -2.13. The van der Waals surface area contributed by atoms with E-state index in [9.17, 15) is 9.59 Å². The van der Waals surface area contributed by atoms with Gasteiger partial charge in [0.1, 0.15) is 11.3 Å². The lowest BCUT2D eigenvalue weighted by Crippen LogP contribution is -2.23. The molecule has 3 aromatic rings. The number of para-hydroxylation sites is 1. The molecule has 1 amide bonds. The molecule has 2 aromatic carbocycles. The minimum atomic E-state index is -0.409. The summed E-state index contributed by atoms with van der Waals surface area (Å²) in [7, 11) is 1.57. The summed E-state index contributed by atoms with van der Waals surface area (Å²) in [6.45, 7) is 2.09. The van der Waals surface area contributed by atoms with E-state index in [2.05, 4.69) is 12.2 Å². The molecular weight excluding hydrogens is 316 g/mol. The van der Waals surface area contributed by atoms with Crippen molar-refractivity contribution >= 4 is 22.5 Å². The summed E-state index contributed by atoms with van der Waals surface area (Å²) in [4.78, 5) is 25.5. The Hall–Kier alpha value is -3.08. The van der Waals surface area contributed by atoms with E-state index >= 15 is 0 Å². The van der Waals surface area contributed by atoms with Crippen LogP contribution in [0.5, 0.6) is 5.75 Å². The van der Waals surface area contributed by atoms with Gasteiger partial charge in [0, 0.05) is 29.4 Å². The first-order valence-electron chi connectivity index (χ1n) is 8.20. The minimum absolute atomic E-state index is 0.154. The molecule has 5 nitrogen and oxygen atoms in total. The maximum atomic E-state index is 12.8. The molecule has 5 heteroatoms. The van der Waals surface area contributed by atoms with E-state index in [4.69, 9.17) is 4.74 Å². The Bertz CT molecular complexity index is 1050. The number of hydrogen-bond acceptors (Lipinski definition) is 3. The average molecular weight is 334 g/mol. The zero-order valence-corrected chi connectivity index (χ0v) is 14.1. The molecule has 0 radical (unpaired) electrons. The predicted octanol–water partition coefficient (Wildman–Crippen LogP) is 3.38. The van der Waals surface area contributed by atoms with Gasteiger partial charge in [0.2, 0.25) is 5.43 Å². The number of ether oxygens (including phenoxy) is 1. The van der Waals surface area contributed by atoms with Crippen LogP contribution in [0.1, 0.15) is 28.9 Å². The summed E-state index contributed by atoms with van der Waals surface area (Å²) >= 11 is 0. The summed E-state index contributed by atoms with van der Waals surface area (Å²) in [5.41, 5.74) is 2.61. The van der Waals surface area contributed by atoms with E-state index in [1.165, 1.54) is 0 Å². The number of rotatable bonds is 3. The van der Waals surface area contributed by atoms with Crippen LogP contribution in [0, 0.1) is 0 Å². The van der Waals surface area contributed by atoms with Crippen LogP contribution in [0.3, 0.4) is 0 Å². The number of pyridine rings is 1. The zero-order chi connectivity index (χ0) is 17.6. The second kappa shape index (κ2) is 5.77. The maximum absolute atomic E-state index is 12.8. The highest BCUT2D eigenvalue weighted by atomic mass is 16.5. The number of carbonyl (C=O) groups is 1. The predicted molar refractivity (Wildman–Crippen MR) is 97.6 cm³/mol. The Balaban J connectivity index is 1.79. The van der Waals surface area contributed by atoms with Crippen molar-refractivity contribution in [2.24, 2.45) is 0 Å². The highest BCUT2D eigenvalue weighted by Gasteiger charge is 2.24. The largest absolute Gasteiger partial charge is 0.497 e. The van der Waals surface area contributed by atoms with Crippen molar-refractivity contribution < 1.29 is 9.53 Å². The number of amides is 1. The smallest absolute Gasteiger partial charge is 0.261 e. The van der Waals surface area contributed by atoms with E-state index in [1.54, 1.807) is 43.6 Å². The number of carbonyl (C=O) groups excluding carboxylic acids is 1. The third kappa shape index (κ3) is 2.48. The fourth-order valence-electron chi connectivity index (χ4n) is 3.48. The van der Waals surface area contributed by atoms with Crippen LogP contribution in [0.4, 0.5) is 5.69 Å². The molecule has 1 aliphatic rings. The highest BCUT2D eigenvalue weighted by molar-refractivity contribution is 6.06. The van der Waals surface area contributed by atoms with Gasteiger partial charge in [-0.2, -0.15) is 0 Å². The first kappa shape index (κ1) is 15.4. The fourth-order valence-corrected chi connectivity index (χ4v) is 3.48. The number of nitrogens with zero attached hydrogens (tertiary/aromatic N) is 1. The second-order valence-corrected chi connectivity index (χ2v) is 6.33. The fraction of sp³-hybridized carbons (Fsp3) is 0.200. The van der Waals surface area contributed by atoms with Crippen molar-refractivity contribution in [3.8, 4) is 5.75 Å². The van der Waals surface area contributed by atoms with Gasteiger partial charge in [0.15, 0.2) is 0 Å². The lowest BCUT2D eigenvalue weighted by molar-refractivity contribution is 0.102. The van der Waals surface area contributed by atoms with Crippen molar-refractivity contribution in [2.75, 3.05) is 12.4 Å². The lowest BCUT2D eigenvalue weighted by atomic mass is 10.1. The Kier molecular flexibility index (Phi) is 3.57. The van der Waals surface area contributed by atoms with Crippen LogP contribution in [0.15, 0.2) is 53.5 Å². The Labute approximate surface area is 144 Å². The van der Waals surface area contributed by atoms with Crippen LogP contribution in [0.2, 0.25) is 0 Å². The molecule has 1 unspecified atom stereocenters. The number of hydrogen-bond donors (Lipinski definition) is 1. The van der Waals surface area contributed by atoms with E-state index in [1.807, 2.05) is 16.7 Å². The molecule has 0 saturated heterocycles. The normalized spacial score (nSPS) is 15.4. The first-order chi connectivity index (χ1) is 12.1. The van der Waals surface area contributed by atoms with E-state index < -0.39 is 5.91 Å². The third-order valence-electron chi connectivity index (χ3n) is 4.70. The summed E-state index contributed by atoms with van der Waals surface area (Å²) in [6.07, 6.45) is 2.55. The van der Waals surface area contributed by atoms with Crippen molar-refractivity contribution in [3.05, 3.63) is 70.0 Å². The Morgan fingerprint density at radius 3 is 2.84 bits per heavy atom. The van der Waals surface area contributed by atoms with Gasteiger partial charge in [0.25, 0.3) is 5.91 Å². The van der Waals surface area contributed by atoms with E-state index in [0.29, 0.717) is 16.8 Å². The molecule has 1 atom stereocenters. The van der Waals surface area contributed by atoms with Gasteiger partial charge in [-0.05, 0) is 37.1 Å². The second-order valence-electron chi connectivity index (χ2n) is 6.33. The highest BCUT2D eigenvalue weighted by Crippen LogP contribution is 2.31. The molecule has 1 N–H and O–H groups in total. The van der Waals surface area contributed by atoms with Crippen molar-refractivity contribution in [1.29, 1.82) is 0 Å². The van der Waals surface area contributed by atoms with Crippen molar-refractivity contribution in [1.82, 2.24) is 4.57 Å². The molecule has 4 rings (SSSR count). The van der Waals surface area contributed by atoms with Crippen LogP contribution < -0.4 is 15.5 Å². The SMILES string of the molecule is COc1cccc(NC(=O)c2cn3c4c(cccc4c2=O)CC3C)c1. The molecule has 0 saturated carbocycles. The topological polar surface area (TPSA) is 60.3 Å². The standard InChI is InChI=1S/C20H18N2O3/c1-12-9-13-5-3-8-16-18(13)22(12)11-17(19(16)23)20(24)21-14-6-4-7-15(10-14)25-2/h3-8,10-12H,9H2,1-2H3,(H,21,24). The Morgan fingerprint density at radius 2 is 2.04 bits per heavy atom. The molecule has 0 aliphatic carbocycles. The van der Waals surface area contributed by atoms with Crippen molar-refractivity contribution in [3.63, 3.8) is 0 Å². The number of anilines is 1. The van der Waals surface area contributed by atoms with Crippen LogP contribution in [-0.2, 0) is 6.42 Å². The van der Waals surface area contributed by atoms with Crippen LogP contribution in [-0.4, -0.2) is 17.6 Å². The van der Waals surface area contributed by atoms with Gasteiger partial charge < -0.3 is 14.6 Å². The summed E-state index contributed by atoms with van der Waals surface area (Å²) in [6, 6.07) is 13.0. The zero-order valence-electron chi connectivity index (χ0n) is 14.1. The quantitative estimate of drug-likeness (QED) is 0.799. The molecule has 2 heterocycles. The first-order valence-corrected chi connectivity index (χ1v) is 8.20. The summed E-state index contributed by atoms with van der Waals surface area (Å²) < 4.78 is 7.20. The molecule has 0 bridgehead atoms. The number of benzene rings is 2. The average Bonchev–Trinajstić information content (AvgIpc) is 2.94. The van der Waals surface area contributed by atoms with E-state index in [-0.39, 0.29) is 17.0 Å². The summed E-state index contributed by atoms with van der Waals surface area (Å²) in [5, 5.41) is 3.39. The molecule has 1 aliphatic heterocycles. The molecular formula is C20H18N2O3. The molecule has 25 heavy (non-hydrogen) atoms. The minimum Gasteiger partial charge on any atom is -0.497 e. The van der Waals surface area contributed by atoms with E-state index in [0.717, 1.165) is 17.5 Å². The van der Waals surface area contributed by atoms with Crippen LogP contribution in [0.25, 0.3) is 10.9 Å². The van der Waals surface area contributed by atoms with Gasteiger partial charge in [0.05, 0.1) is 12.6 Å². The summed E-state index contributed by atoms with van der Waals surface area (Å²) in [5.74, 6) is 0.235. The number of methoxy groups -OCH3 is 1. The molecule has 1 aromatic heterocycles. The van der Waals surface area contributed by atoms with Gasteiger partial charge in [-0.15, -0.1) is 0 Å². The Morgan fingerprint density at radius 1 is 1.24 bits per heavy atom. The van der Waals surface area contributed by atoms with Gasteiger partial charge in [-0.1, -0.05) is 18.2 Å². The maximum Gasteiger partial charge on any atom is 0.261 e. The van der Waals surface area contributed by atoms with Gasteiger partial charge in [-0.3, -0.25) is 9.59 Å². The monoisotopic (exact) mass is 334 g/mol. The molecule has 0 spiro atoms. The molecule has 126 valence electrons. The number of nitrogens with one attached hydrogen (secondary N) is 1. The third-order valence-corrected chi connectivity index (χ3v) is 4.70.